The summed E-state index contributed by atoms with van der Waals surface area (Å²) in [6.07, 6.45) is 3.28. The van der Waals surface area contributed by atoms with Crippen LogP contribution < -0.4 is 14.2 Å². The van der Waals surface area contributed by atoms with Crippen molar-refractivity contribution in [3.05, 3.63) is 53.6 Å². The first-order chi connectivity index (χ1) is 16.7. The lowest BCUT2D eigenvalue weighted by atomic mass is 9.93. The van der Waals surface area contributed by atoms with E-state index in [1.165, 1.54) is 6.42 Å². The van der Waals surface area contributed by atoms with Gasteiger partial charge in [0.25, 0.3) is 5.91 Å². The Morgan fingerprint density at radius 2 is 1.62 bits per heavy atom. The minimum Gasteiger partial charge on any atom is -0.493 e. The van der Waals surface area contributed by atoms with Gasteiger partial charge >= 0.3 is 0 Å². The fraction of sp³-hybridized carbons (Fsp3) is 0.519. The molecule has 2 aromatic carbocycles. The Bertz CT molecular complexity index is 897. The minimum atomic E-state index is 0.0119. The van der Waals surface area contributed by atoms with E-state index < -0.39 is 0 Å². The van der Waals surface area contributed by atoms with Gasteiger partial charge in [-0.3, -0.25) is 9.69 Å². The molecule has 2 saturated heterocycles. The molecule has 0 aromatic heterocycles. The average molecular weight is 469 g/mol. The van der Waals surface area contributed by atoms with Gasteiger partial charge in [0.15, 0.2) is 11.5 Å². The van der Waals surface area contributed by atoms with Crippen molar-refractivity contribution in [3.63, 3.8) is 0 Å². The molecule has 7 heteroatoms. The lowest BCUT2D eigenvalue weighted by molar-refractivity contribution is 0.0332. The van der Waals surface area contributed by atoms with Crippen molar-refractivity contribution in [2.45, 2.75) is 25.9 Å². The van der Waals surface area contributed by atoms with Gasteiger partial charge in [0.2, 0.25) is 5.75 Å². The zero-order valence-electron chi connectivity index (χ0n) is 20.3. The normalized spacial score (nSPS) is 17.4. The van der Waals surface area contributed by atoms with Gasteiger partial charge in [-0.15, -0.1) is 0 Å². The fourth-order valence-electron chi connectivity index (χ4n) is 4.67. The summed E-state index contributed by atoms with van der Waals surface area (Å²) >= 11 is 0. The Morgan fingerprint density at radius 1 is 0.971 bits per heavy atom. The maximum Gasteiger partial charge on any atom is 0.254 e. The summed E-state index contributed by atoms with van der Waals surface area (Å²) in [6, 6.07) is 13.4. The minimum absolute atomic E-state index is 0.0119. The van der Waals surface area contributed by atoms with Crippen molar-refractivity contribution in [1.82, 2.24) is 9.80 Å². The molecule has 1 amide bonds. The number of hydrogen-bond donors (Lipinski definition) is 0. The van der Waals surface area contributed by atoms with Gasteiger partial charge in [0.05, 0.1) is 27.4 Å². The van der Waals surface area contributed by atoms with Crippen LogP contribution in [0.15, 0.2) is 42.5 Å². The lowest BCUT2D eigenvalue weighted by Crippen LogP contribution is -2.40. The topological polar surface area (TPSA) is 60.5 Å². The van der Waals surface area contributed by atoms with Gasteiger partial charge in [-0.05, 0) is 49.4 Å². The van der Waals surface area contributed by atoms with Crippen LogP contribution >= 0.6 is 0 Å². The highest BCUT2D eigenvalue weighted by molar-refractivity contribution is 5.95. The monoisotopic (exact) mass is 468 g/mol. The number of hydrogen-bond acceptors (Lipinski definition) is 6. The van der Waals surface area contributed by atoms with Crippen molar-refractivity contribution in [2.75, 3.05) is 60.2 Å². The van der Waals surface area contributed by atoms with E-state index >= 15 is 0 Å². The van der Waals surface area contributed by atoms with Crippen molar-refractivity contribution >= 4 is 5.91 Å². The highest BCUT2D eigenvalue weighted by atomic mass is 16.5. The van der Waals surface area contributed by atoms with E-state index in [2.05, 4.69) is 4.90 Å². The van der Waals surface area contributed by atoms with Crippen LogP contribution in [0.1, 0.15) is 35.2 Å². The van der Waals surface area contributed by atoms with Crippen LogP contribution in [0.5, 0.6) is 17.2 Å². The molecule has 2 fully saturated rings. The standard InChI is InChI=1S/C27H36N2O5/c1-31-24-18-23(19-25(32-2)26(24)34-20-22-6-4-3-5-7-22)27(30)29-12-9-21(10-13-29)8-11-28-14-16-33-17-15-28/h3-7,18-19,21H,8-17,20H2,1-2H3. The largest absolute Gasteiger partial charge is 0.493 e. The number of benzene rings is 2. The van der Waals surface area contributed by atoms with Crippen molar-refractivity contribution in [3.8, 4) is 17.2 Å². The molecule has 4 rings (SSSR count). The number of methoxy groups -OCH3 is 2. The van der Waals surface area contributed by atoms with Gasteiger partial charge in [-0.2, -0.15) is 0 Å². The van der Waals surface area contributed by atoms with Gasteiger partial charge in [-0.25, -0.2) is 0 Å². The first kappa shape index (κ1) is 24.4. The second kappa shape index (κ2) is 12.1. The molecular weight excluding hydrogens is 432 g/mol. The maximum atomic E-state index is 13.3. The summed E-state index contributed by atoms with van der Waals surface area (Å²) in [6.45, 7) is 6.83. The fourth-order valence-corrected chi connectivity index (χ4v) is 4.67. The number of rotatable bonds is 9. The molecule has 2 aliphatic rings. The number of carbonyl (C=O) groups excluding carboxylic acids is 1. The summed E-state index contributed by atoms with van der Waals surface area (Å²) in [5.41, 5.74) is 1.61. The number of morpholine rings is 1. The number of amides is 1. The van der Waals surface area contributed by atoms with Crippen LogP contribution in [0.25, 0.3) is 0 Å². The number of piperidine rings is 1. The smallest absolute Gasteiger partial charge is 0.254 e. The van der Waals surface area contributed by atoms with Crippen LogP contribution in [-0.2, 0) is 11.3 Å². The summed E-state index contributed by atoms with van der Waals surface area (Å²) < 4.78 is 22.6. The highest BCUT2D eigenvalue weighted by Gasteiger charge is 2.26. The number of nitrogens with zero attached hydrogens (tertiary/aromatic N) is 2. The van der Waals surface area contributed by atoms with Crippen molar-refractivity contribution in [1.29, 1.82) is 0 Å². The molecule has 7 nitrogen and oxygen atoms in total. The Kier molecular flexibility index (Phi) is 8.66. The van der Waals surface area contributed by atoms with Gasteiger partial charge < -0.3 is 23.8 Å². The summed E-state index contributed by atoms with van der Waals surface area (Å²) in [4.78, 5) is 17.7. The first-order valence-electron chi connectivity index (χ1n) is 12.2. The molecule has 0 atom stereocenters. The predicted molar refractivity (Wildman–Crippen MR) is 131 cm³/mol. The Balaban J connectivity index is 1.36. The average Bonchev–Trinajstić information content (AvgIpc) is 2.91. The van der Waals surface area contributed by atoms with Crippen LogP contribution in [0.4, 0.5) is 0 Å². The Hall–Kier alpha value is -2.77. The molecule has 0 aliphatic carbocycles. The second-order valence-electron chi connectivity index (χ2n) is 8.96. The quantitative estimate of drug-likeness (QED) is 0.557. The number of ether oxygens (including phenoxy) is 4. The van der Waals surface area contributed by atoms with E-state index in [0.29, 0.717) is 35.3 Å². The zero-order chi connectivity index (χ0) is 23.8. The molecule has 0 unspecified atom stereocenters. The van der Waals surface area contributed by atoms with Crippen LogP contribution in [0.2, 0.25) is 0 Å². The first-order valence-corrected chi connectivity index (χ1v) is 12.2. The number of carbonyl (C=O) groups is 1. The third-order valence-corrected chi connectivity index (χ3v) is 6.79. The molecule has 0 N–H and O–H groups in total. The molecule has 2 heterocycles. The SMILES string of the molecule is COc1cc(C(=O)N2CCC(CCN3CCOCC3)CC2)cc(OC)c1OCc1ccccc1. The zero-order valence-corrected chi connectivity index (χ0v) is 20.3. The maximum absolute atomic E-state index is 13.3. The van der Waals surface area contributed by atoms with E-state index in [1.54, 1.807) is 26.4 Å². The van der Waals surface area contributed by atoms with E-state index in [-0.39, 0.29) is 5.91 Å². The van der Waals surface area contributed by atoms with Crippen molar-refractivity contribution < 1.29 is 23.7 Å². The molecule has 0 saturated carbocycles. The molecule has 34 heavy (non-hydrogen) atoms. The molecule has 0 radical (unpaired) electrons. The molecular formula is C27H36N2O5. The molecule has 184 valence electrons. The van der Waals surface area contributed by atoms with E-state index in [9.17, 15) is 4.79 Å². The third kappa shape index (κ3) is 6.21. The Morgan fingerprint density at radius 3 is 2.24 bits per heavy atom. The van der Waals surface area contributed by atoms with Gasteiger partial charge in [-0.1, -0.05) is 30.3 Å². The molecule has 2 aliphatic heterocycles. The van der Waals surface area contributed by atoms with Crippen LogP contribution in [0.3, 0.4) is 0 Å². The Labute approximate surface area is 202 Å². The number of likely N-dealkylation sites (tertiary alicyclic amines) is 1. The molecule has 2 aromatic rings. The summed E-state index contributed by atoms with van der Waals surface area (Å²) in [5.74, 6) is 2.19. The molecule has 0 spiro atoms. The second-order valence-corrected chi connectivity index (χ2v) is 8.96. The van der Waals surface area contributed by atoms with E-state index in [1.807, 2.05) is 35.2 Å². The van der Waals surface area contributed by atoms with Gasteiger partial charge in [0, 0.05) is 31.7 Å². The van der Waals surface area contributed by atoms with E-state index in [4.69, 9.17) is 18.9 Å². The van der Waals surface area contributed by atoms with Crippen molar-refractivity contribution in [2.24, 2.45) is 5.92 Å². The highest BCUT2D eigenvalue weighted by Crippen LogP contribution is 2.39. The third-order valence-electron chi connectivity index (χ3n) is 6.79. The summed E-state index contributed by atoms with van der Waals surface area (Å²) in [7, 11) is 3.16. The lowest BCUT2D eigenvalue weighted by Gasteiger charge is -2.34. The van der Waals surface area contributed by atoms with Gasteiger partial charge in [0.1, 0.15) is 6.61 Å². The predicted octanol–water partition coefficient (Wildman–Crippen LogP) is 3.86. The van der Waals surface area contributed by atoms with Crippen LogP contribution in [-0.4, -0.2) is 75.9 Å². The summed E-state index contributed by atoms with van der Waals surface area (Å²) in [5, 5.41) is 0. The van der Waals surface area contributed by atoms with E-state index in [0.717, 1.165) is 64.3 Å². The van der Waals surface area contributed by atoms with Crippen LogP contribution in [0, 0.1) is 5.92 Å². The molecule has 0 bridgehead atoms.